The van der Waals surface area contributed by atoms with Crippen LogP contribution >= 0.6 is 0 Å². The van der Waals surface area contributed by atoms with Crippen LogP contribution in [0.15, 0.2) is 29.4 Å². The largest absolute Gasteiger partial charge is 0.469 e. The Morgan fingerprint density at radius 1 is 1.47 bits per heavy atom. The molecule has 1 unspecified atom stereocenters. The molecule has 2 nitrogen and oxygen atoms in total. The quantitative estimate of drug-likeness (QED) is 0.546. The molecule has 1 aromatic rings. The highest BCUT2D eigenvalue weighted by Crippen LogP contribution is 2.21. The van der Waals surface area contributed by atoms with E-state index in [9.17, 15) is 0 Å². The Bertz CT molecular complexity index is 290. The van der Waals surface area contributed by atoms with Crippen molar-refractivity contribution in [3.8, 4) is 0 Å². The lowest BCUT2D eigenvalue weighted by Gasteiger charge is -2.09. The average Bonchev–Trinajstić information content (AvgIpc) is 2.64. The normalized spacial score (nSPS) is 12.7. The summed E-state index contributed by atoms with van der Waals surface area (Å²) in [7, 11) is 0. The van der Waals surface area contributed by atoms with Gasteiger partial charge in [0.2, 0.25) is 0 Å². The van der Waals surface area contributed by atoms with Crippen LogP contribution in [-0.4, -0.2) is 0 Å². The Morgan fingerprint density at radius 2 is 2.27 bits per heavy atom. The van der Waals surface area contributed by atoms with E-state index in [0.717, 1.165) is 24.2 Å². The summed E-state index contributed by atoms with van der Waals surface area (Å²) in [5.74, 6) is 0.952. The van der Waals surface area contributed by atoms with Gasteiger partial charge in [-0.3, -0.25) is 0 Å². The van der Waals surface area contributed by atoms with Gasteiger partial charge in [0, 0.05) is 11.6 Å². The van der Waals surface area contributed by atoms with E-state index in [1.165, 1.54) is 19.3 Å². The highest BCUT2D eigenvalue weighted by Gasteiger charge is 2.10. The topological polar surface area (TPSA) is 39.2 Å². The minimum absolute atomic E-state index is 0.132. The molecule has 0 spiro atoms. The molecule has 0 aromatic carbocycles. The number of hydrogen-bond donors (Lipinski definition) is 1. The van der Waals surface area contributed by atoms with Gasteiger partial charge in [-0.15, -0.1) is 6.58 Å². The van der Waals surface area contributed by atoms with Crippen molar-refractivity contribution in [1.82, 2.24) is 0 Å². The summed E-state index contributed by atoms with van der Waals surface area (Å²) in [4.78, 5) is 0. The molecule has 1 aromatic heterocycles. The number of allylic oxidation sites excluding steroid dienone is 1. The molecular weight excluding hydrogens is 186 g/mol. The van der Waals surface area contributed by atoms with Crippen LogP contribution in [0.1, 0.15) is 49.5 Å². The average molecular weight is 207 g/mol. The van der Waals surface area contributed by atoms with Gasteiger partial charge in [0.15, 0.2) is 0 Å². The fourth-order valence-corrected chi connectivity index (χ4v) is 1.76. The van der Waals surface area contributed by atoms with Crippen molar-refractivity contribution in [2.45, 2.75) is 45.1 Å². The van der Waals surface area contributed by atoms with E-state index in [1.807, 2.05) is 19.1 Å². The van der Waals surface area contributed by atoms with Crippen molar-refractivity contribution in [1.29, 1.82) is 0 Å². The van der Waals surface area contributed by atoms with Crippen molar-refractivity contribution < 1.29 is 4.42 Å². The first-order chi connectivity index (χ1) is 7.25. The fourth-order valence-electron chi connectivity index (χ4n) is 1.76. The Labute approximate surface area is 92.2 Å². The maximum absolute atomic E-state index is 6.07. The molecule has 1 heterocycles. The monoisotopic (exact) mass is 207 g/mol. The van der Waals surface area contributed by atoms with E-state index in [2.05, 4.69) is 6.58 Å². The van der Waals surface area contributed by atoms with Gasteiger partial charge in [-0.05, 0) is 32.3 Å². The molecule has 15 heavy (non-hydrogen) atoms. The first-order valence-corrected chi connectivity index (χ1v) is 5.66. The predicted molar refractivity (Wildman–Crippen MR) is 63.7 cm³/mol. The van der Waals surface area contributed by atoms with Crippen molar-refractivity contribution in [2.24, 2.45) is 5.73 Å². The van der Waals surface area contributed by atoms with Crippen LogP contribution < -0.4 is 5.73 Å². The van der Waals surface area contributed by atoms with Crippen LogP contribution in [0.25, 0.3) is 0 Å². The van der Waals surface area contributed by atoms with Crippen LogP contribution in [0, 0.1) is 6.92 Å². The molecule has 1 rings (SSSR count). The molecule has 0 radical (unpaired) electrons. The Hall–Kier alpha value is -1.02. The predicted octanol–water partition coefficient (Wildman–Crippen LogP) is 3.72. The maximum Gasteiger partial charge on any atom is 0.105 e. The molecule has 1 atom stereocenters. The number of rotatable bonds is 7. The molecule has 0 aliphatic heterocycles. The van der Waals surface area contributed by atoms with Crippen LogP contribution in [0.4, 0.5) is 0 Å². The van der Waals surface area contributed by atoms with E-state index in [1.54, 1.807) is 6.26 Å². The molecular formula is C13H21NO. The molecule has 2 heteroatoms. The lowest BCUT2D eigenvalue weighted by molar-refractivity contribution is 0.514. The zero-order valence-corrected chi connectivity index (χ0v) is 9.54. The van der Waals surface area contributed by atoms with E-state index >= 15 is 0 Å². The van der Waals surface area contributed by atoms with Gasteiger partial charge < -0.3 is 10.2 Å². The van der Waals surface area contributed by atoms with E-state index in [0.29, 0.717) is 0 Å². The number of furan rings is 1. The first kappa shape index (κ1) is 12.1. The molecule has 84 valence electrons. The van der Waals surface area contributed by atoms with Crippen molar-refractivity contribution >= 4 is 0 Å². The summed E-state index contributed by atoms with van der Waals surface area (Å²) in [6.45, 7) is 5.67. The Morgan fingerprint density at radius 3 is 2.87 bits per heavy atom. The third kappa shape index (κ3) is 3.92. The van der Waals surface area contributed by atoms with Gasteiger partial charge >= 0.3 is 0 Å². The number of hydrogen-bond acceptors (Lipinski definition) is 2. The van der Waals surface area contributed by atoms with E-state index in [-0.39, 0.29) is 6.04 Å². The maximum atomic E-state index is 6.07. The molecule has 0 saturated heterocycles. The lowest BCUT2D eigenvalue weighted by Crippen LogP contribution is -2.10. The van der Waals surface area contributed by atoms with Gasteiger partial charge in [-0.2, -0.15) is 0 Å². The Kier molecular flexibility index (Phi) is 5.19. The minimum Gasteiger partial charge on any atom is -0.469 e. The molecule has 0 amide bonds. The second-order valence-corrected chi connectivity index (χ2v) is 3.97. The summed E-state index contributed by atoms with van der Waals surface area (Å²) in [5.41, 5.74) is 7.23. The highest BCUT2D eigenvalue weighted by atomic mass is 16.3. The zero-order valence-electron chi connectivity index (χ0n) is 9.54. The molecule has 0 fully saturated rings. The lowest BCUT2D eigenvalue weighted by atomic mass is 10.0. The summed E-state index contributed by atoms with van der Waals surface area (Å²) < 4.78 is 5.24. The van der Waals surface area contributed by atoms with Gasteiger partial charge in [-0.25, -0.2) is 0 Å². The third-order valence-corrected chi connectivity index (χ3v) is 2.72. The summed E-state index contributed by atoms with van der Waals surface area (Å²) in [5, 5.41) is 0. The third-order valence-electron chi connectivity index (χ3n) is 2.72. The molecule has 0 saturated carbocycles. The zero-order chi connectivity index (χ0) is 11.1. The Balaban J connectivity index is 2.22. The van der Waals surface area contributed by atoms with Gasteiger partial charge in [-0.1, -0.05) is 18.9 Å². The van der Waals surface area contributed by atoms with Crippen LogP contribution in [-0.2, 0) is 0 Å². The summed E-state index contributed by atoms with van der Waals surface area (Å²) in [6, 6.07) is 2.11. The number of nitrogens with two attached hydrogens (primary N) is 1. The van der Waals surface area contributed by atoms with Crippen LogP contribution in [0.3, 0.4) is 0 Å². The van der Waals surface area contributed by atoms with Crippen molar-refractivity contribution in [3.05, 3.63) is 36.3 Å². The smallest absolute Gasteiger partial charge is 0.105 e. The van der Waals surface area contributed by atoms with Gasteiger partial charge in [0.25, 0.3) is 0 Å². The van der Waals surface area contributed by atoms with E-state index in [4.69, 9.17) is 10.2 Å². The van der Waals surface area contributed by atoms with Crippen molar-refractivity contribution in [3.63, 3.8) is 0 Å². The first-order valence-electron chi connectivity index (χ1n) is 5.66. The second kappa shape index (κ2) is 6.46. The van der Waals surface area contributed by atoms with Crippen LogP contribution in [0.2, 0.25) is 0 Å². The fraction of sp³-hybridized carbons (Fsp3) is 0.538. The number of aryl methyl sites for hydroxylation is 1. The second-order valence-electron chi connectivity index (χ2n) is 3.97. The van der Waals surface area contributed by atoms with Gasteiger partial charge in [0.05, 0.1) is 6.26 Å². The van der Waals surface area contributed by atoms with Crippen LogP contribution in [0.5, 0.6) is 0 Å². The standard InChI is InChI=1S/C13H21NO/c1-3-4-5-6-7-8-13(14)12-9-10-15-11(12)2/h3,9-10,13H,1,4-8,14H2,2H3. The SMILES string of the molecule is C=CCCCCCC(N)c1ccoc1C. The highest BCUT2D eigenvalue weighted by molar-refractivity contribution is 5.19. The molecule has 0 aliphatic carbocycles. The summed E-state index contributed by atoms with van der Waals surface area (Å²) >= 11 is 0. The molecule has 2 N–H and O–H groups in total. The minimum atomic E-state index is 0.132. The van der Waals surface area contributed by atoms with E-state index < -0.39 is 0 Å². The number of unbranched alkanes of at least 4 members (excludes halogenated alkanes) is 3. The molecule has 0 bridgehead atoms. The van der Waals surface area contributed by atoms with Gasteiger partial charge in [0.1, 0.15) is 5.76 Å². The molecule has 0 aliphatic rings. The van der Waals surface area contributed by atoms with Crippen molar-refractivity contribution in [2.75, 3.05) is 0 Å². The summed E-state index contributed by atoms with van der Waals surface area (Å²) in [6.07, 6.45) is 9.47.